The average molecular weight is 247 g/mol. The van der Waals surface area contributed by atoms with Crippen molar-refractivity contribution in [1.82, 2.24) is 5.32 Å². The van der Waals surface area contributed by atoms with Crippen LogP contribution in [-0.4, -0.2) is 31.6 Å². The van der Waals surface area contributed by atoms with Gasteiger partial charge >= 0.3 is 0 Å². The lowest BCUT2D eigenvalue weighted by molar-refractivity contribution is -0.121. The summed E-state index contributed by atoms with van der Waals surface area (Å²) in [5, 5.41) is 2.95. The van der Waals surface area contributed by atoms with Crippen molar-refractivity contribution in [3.05, 3.63) is 29.8 Å². The zero-order chi connectivity index (χ0) is 13.1. The third-order valence-corrected chi connectivity index (χ3v) is 3.46. The average Bonchev–Trinajstić information content (AvgIpc) is 2.50. The molecule has 2 rings (SSSR count). The summed E-state index contributed by atoms with van der Waals surface area (Å²) in [5.41, 5.74) is 8.07. The number of benzene rings is 1. The molecular weight excluding hydrogens is 226 g/mol. The minimum atomic E-state index is -0.268. The number of amides is 1. The highest BCUT2D eigenvalue weighted by Crippen LogP contribution is 2.24. The Bertz CT molecular complexity index is 433. The summed E-state index contributed by atoms with van der Waals surface area (Å²) in [6.45, 7) is 6.12. The predicted molar refractivity (Wildman–Crippen MR) is 73.5 cm³/mol. The number of carbonyl (C=O) groups is 1. The fourth-order valence-electron chi connectivity index (χ4n) is 2.45. The standard InChI is InChI=1S/C14H21N3O/c1-10-8-16-14(18)13(7-15)17(9-10)12-6-4-3-5-11(12)2/h3-6,10,13H,7-9,15H2,1-2H3,(H,16,18). The first-order valence-electron chi connectivity index (χ1n) is 6.43. The zero-order valence-electron chi connectivity index (χ0n) is 11.0. The number of para-hydroxylation sites is 1. The summed E-state index contributed by atoms with van der Waals surface area (Å²) in [7, 11) is 0. The monoisotopic (exact) mass is 247 g/mol. The molecule has 1 amide bonds. The third kappa shape index (κ3) is 2.48. The van der Waals surface area contributed by atoms with E-state index in [0.29, 0.717) is 12.5 Å². The SMILES string of the molecule is Cc1ccccc1N1CC(C)CNC(=O)C1CN. The second-order valence-electron chi connectivity index (χ2n) is 5.04. The number of rotatable bonds is 2. The van der Waals surface area contributed by atoms with Gasteiger partial charge in [0.05, 0.1) is 0 Å². The van der Waals surface area contributed by atoms with Gasteiger partial charge in [-0.2, -0.15) is 0 Å². The van der Waals surface area contributed by atoms with E-state index in [1.54, 1.807) is 0 Å². The van der Waals surface area contributed by atoms with E-state index in [0.717, 1.165) is 18.8 Å². The molecule has 1 heterocycles. The van der Waals surface area contributed by atoms with Crippen LogP contribution in [0, 0.1) is 12.8 Å². The van der Waals surface area contributed by atoms with Crippen LogP contribution in [0.3, 0.4) is 0 Å². The van der Waals surface area contributed by atoms with Crippen LogP contribution in [0.2, 0.25) is 0 Å². The van der Waals surface area contributed by atoms with Gasteiger partial charge in [-0.1, -0.05) is 25.1 Å². The maximum absolute atomic E-state index is 12.1. The maximum atomic E-state index is 12.1. The smallest absolute Gasteiger partial charge is 0.244 e. The van der Waals surface area contributed by atoms with Gasteiger partial charge in [-0.25, -0.2) is 0 Å². The second-order valence-corrected chi connectivity index (χ2v) is 5.04. The van der Waals surface area contributed by atoms with Crippen molar-refractivity contribution in [1.29, 1.82) is 0 Å². The minimum Gasteiger partial charge on any atom is -0.358 e. The molecular formula is C14H21N3O. The van der Waals surface area contributed by atoms with Crippen LogP contribution in [0.4, 0.5) is 5.69 Å². The lowest BCUT2D eigenvalue weighted by Crippen LogP contribution is -2.49. The predicted octanol–water partition coefficient (Wildman–Crippen LogP) is 0.895. The number of nitrogens with zero attached hydrogens (tertiary/aromatic N) is 1. The Hall–Kier alpha value is -1.55. The summed E-state index contributed by atoms with van der Waals surface area (Å²) in [4.78, 5) is 14.2. The molecule has 1 fully saturated rings. The van der Waals surface area contributed by atoms with Crippen LogP contribution in [0.25, 0.3) is 0 Å². The van der Waals surface area contributed by atoms with E-state index in [1.165, 1.54) is 5.56 Å². The highest BCUT2D eigenvalue weighted by molar-refractivity contribution is 5.86. The molecule has 0 radical (unpaired) electrons. The van der Waals surface area contributed by atoms with E-state index in [9.17, 15) is 4.79 Å². The van der Waals surface area contributed by atoms with E-state index < -0.39 is 0 Å². The van der Waals surface area contributed by atoms with Gasteiger partial charge in [0.2, 0.25) is 5.91 Å². The molecule has 1 aliphatic rings. The fourth-order valence-corrected chi connectivity index (χ4v) is 2.45. The highest BCUT2D eigenvalue weighted by Gasteiger charge is 2.30. The van der Waals surface area contributed by atoms with Gasteiger partial charge in [0.15, 0.2) is 0 Å². The molecule has 1 saturated heterocycles. The van der Waals surface area contributed by atoms with Crippen molar-refractivity contribution in [3.63, 3.8) is 0 Å². The summed E-state index contributed by atoms with van der Waals surface area (Å²) >= 11 is 0. The highest BCUT2D eigenvalue weighted by atomic mass is 16.2. The molecule has 1 aliphatic heterocycles. The Kier molecular flexibility index (Phi) is 3.87. The number of hydrogen-bond donors (Lipinski definition) is 2. The first-order valence-corrected chi connectivity index (χ1v) is 6.43. The van der Waals surface area contributed by atoms with Crippen LogP contribution in [0.5, 0.6) is 0 Å². The Morgan fingerprint density at radius 1 is 1.44 bits per heavy atom. The molecule has 0 bridgehead atoms. The Balaban J connectivity index is 2.37. The molecule has 4 heteroatoms. The molecule has 0 aromatic heterocycles. The van der Waals surface area contributed by atoms with Crippen LogP contribution >= 0.6 is 0 Å². The Morgan fingerprint density at radius 2 is 2.17 bits per heavy atom. The number of carbonyl (C=O) groups excluding carboxylic acids is 1. The van der Waals surface area contributed by atoms with Gasteiger partial charge in [-0.15, -0.1) is 0 Å². The van der Waals surface area contributed by atoms with Crippen molar-refractivity contribution < 1.29 is 4.79 Å². The van der Waals surface area contributed by atoms with E-state index in [4.69, 9.17) is 5.73 Å². The van der Waals surface area contributed by atoms with Crippen LogP contribution in [-0.2, 0) is 4.79 Å². The lowest BCUT2D eigenvalue weighted by Gasteiger charge is -2.32. The molecule has 0 saturated carbocycles. The second kappa shape index (κ2) is 5.40. The number of anilines is 1. The van der Waals surface area contributed by atoms with Crippen LogP contribution in [0.15, 0.2) is 24.3 Å². The molecule has 18 heavy (non-hydrogen) atoms. The third-order valence-electron chi connectivity index (χ3n) is 3.46. The molecule has 1 aromatic rings. The van der Waals surface area contributed by atoms with Crippen LogP contribution in [0.1, 0.15) is 12.5 Å². The number of aryl methyl sites for hydroxylation is 1. The molecule has 98 valence electrons. The molecule has 2 atom stereocenters. The Labute approximate surface area is 108 Å². The molecule has 0 aliphatic carbocycles. The van der Waals surface area contributed by atoms with Crippen molar-refractivity contribution in [2.24, 2.45) is 11.7 Å². The molecule has 3 N–H and O–H groups in total. The Morgan fingerprint density at radius 3 is 2.83 bits per heavy atom. The zero-order valence-corrected chi connectivity index (χ0v) is 11.0. The molecule has 1 aromatic carbocycles. The normalized spacial score (nSPS) is 24.6. The van der Waals surface area contributed by atoms with E-state index in [2.05, 4.69) is 36.2 Å². The van der Waals surface area contributed by atoms with E-state index in [-0.39, 0.29) is 11.9 Å². The van der Waals surface area contributed by atoms with Gasteiger partial charge < -0.3 is 16.0 Å². The molecule has 4 nitrogen and oxygen atoms in total. The summed E-state index contributed by atoms with van der Waals surface area (Å²) in [6, 6.07) is 7.87. The number of nitrogens with one attached hydrogen (secondary N) is 1. The van der Waals surface area contributed by atoms with Crippen LogP contribution < -0.4 is 16.0 Å². The maximum Gasteiger partial charge on any atom is 0.244 e. The molecule has 0 spiro atoms. The van der Waals surface area contributed by atoms with Crippen molar-refractivity contribution >= 4 is 11.6 Å². The van der Waals surface area contributed by atoms with Gasteiger partial charge in [-0.3, -0.25) is 4.79 Å². The van der Waals surface area contributed by atoms with Gasteiger partial charge in [0, 0.05) is 25.3 Å². The number of nitrogens with two attached hydrogens (primary N) is 1. The fraction of sp³-hybridized carbons (Fsp3) is 0.500. The molecule has 2 unspecified atom stereocenters. The van der Waals surface area contributed by atoms with Gasteiger partial charge in [0.1, 0.15) is 6.04 Å². The van der Waals surface area contributed by atoms with Crippen molar-refractivity contribution in [2.45, 2.75) is 19.9 Å². The van der Waals surface area contributed by atoms with Gasteiger partial charge in [-0.05, 0) is 24.5 Å². The summed E-state index contributed by atoms with van der Waals surface area (Å²) in [6.07, 6.45) is 0. The van der Waals surface area contributed by atoms with Crippen molar-refractivity contribution in [3.8, 4) is 0 Å². The lowest BCUT2D eigenvalue weighted by atomic mass is 10.1. The van der Waals surface area contributed by atoms with Crippen molar-refractivity contribution in [2.75, 3.05) is 24.5 Å². The minimum absolute atomic E-state index is 0.0325. The first kappa shape index (κ1) is 12.9. The van der Waals surface area contributed by atoms with Gasteiger partial charge in [0.25, 0.3) is 0 Å². The quantitative estimate of drug-likeness (QED) is 0.816. The van der Waals surface area contributed by atoms with E-state index >= 15 is 0 Å². The topological polar surface area (TPSA) is 58.4 Å². The van der Waals surface area contributed by atoms with E-state index in [1.807, 2.05) is 12.1 Å². The summed E-state index contributed by atoms with van der Waals surface area (Å²) < 4.78 is 0. The summed E-state index contributed by atoms with van der Waals surface area (Å²) in [5.74, 6) is 0.454. The number of hydrogen-bond acceptors (Lipinski definition) is 3. The first-order chi connectivity index (χ1) is 8.63. The largest absolute Gasteiger partial charge is 0.358 e.